The molecule has 0 bridgehead atoms. The fourth-order valence-corrected chi connectivity index (χ4v) is 1.45. The van der Waals surface area contributed by atoms with Gasteiger partial charge in [-0.05, 0) is 11.6 Å². The van der Waals surface area contributed by atoms with Crippen molar-refractivity contribution in [2.24, 2.45) is 0 Å². The van der Waals surface area contributed by atoms with Crippen LogP contribution in [0.4, 0.5) is 5.69 Å². The van der Waals surface area contributed by atoms with E-state index < -0.39 is 22.0 Å². The Morgan fingerprint density at radius 1 is 1.26 bits per heavy atom. The molecule has 0 aliphatic heterocycles. The summed E-state index contributed by atoms with van der Waals surface area (Å²) in [6.07, 6.45) is 3.10. The molecule has 0 saturated carbocycles. The molecular weight excluding hydrogens is 250 g/mol. The third-order valence-electron chi connectivity index (χ3n) is 2.31. The minimum Gasteiger partial charge on any atom is -0.488 e. The third-order valence-corrected chi connectivity index (χ3v) is 2.31. The lowest BCUT2D eigenvalue weighted by molar-refractivity contribution is -0.387. The normalized spacial score (nSPS) is 10.7. The first-order valence-electron chi connectivity index (χ1n) is 5.29. The van der Waals surface area contributed by atoms with Crippen LogP contribution in [-0.4, -0.2) is 20.0 Å². The van der Waals surface area contributed by atoms with Crippen molar-refractivity contribution in [3.8, 4) is 5.88 Å². The van der Waals surface area contributed by atoms with Gasteiger partial charge in [-0.3, -0.25) is 14.9 Å². The number of aromatic amines is 1. The molecule has 0 aliphatic rings. The van der Waals surface area contributed by atoms with Crippen LogP contribution in [0.15, 0.2) is 35.1 Å². The molecule has 0 spiro atoms. The average molecular weight is 259 g/mol. The maximum Gasteiger partial charge on any atom is 0.395 e. The molecule has 2 N–H and O–H groups in total. The van der Waals surface area contributed by atoms with E-state index in [1.807, 2.05) is 30.3 Å². The summed E-state index contributed by atoms with van der Waals surface area (Å²) in [5.41, 5.74) is -1.09. The van der Waals surface area contributed by atoms with Crippen LogP contribution in [0, 0.1) is 10.1 Å². The number of nitro groups is 1. The largest absolute Gasteiger partial charge is 0.488 e. The SMILES string of the molecule is O=c1[nH]c(C=Cc2ccccc2)nc(O)c1[N+](=O)[O-]. The Morgan fingerprint density at radius 2 is 1.95 bits per heavy atom. The summed E-state index contributed by atoms with van der Waals surface area (Å²) in [5, 5.41) is 19.8. The summed E-state index contributed by atoms with van der Waals surface area (Å²) in [7, 11) is 0. The van der Waals surface area contributed by atoms with E-state index in [-0.39, 0.29) is 5.82 Å². The fraction of sp³-hybridized carbons (Fsp3) is 0. The molecule has 1 aromatic carbocycles. The third kappa shape index (κ3) is 2.83. The number of rotatable bonds is 3. The zero-order valence-electron chi connectivity index (χ0n) is 9.61. The standard InChI is InChI=1S/C12H9N3O4/c16-11-10(15(18)19)12(17)14-9(13-11)7-6-8-4-2-1-3-5-8/h1-7H,(H2,13,14,16,17). The topological polar surface area (TPSA) is 109 Å². The van der Waals surface area contributed by atoms with Crippen LogP contribution in [0.5, 0.6) is 5.88 Å². The maximum absolute atomic E-state index is 11.4. The van der Waals surface area contributed by atoms with Gasteiger partial charge in [-0.25, -0.2) is 0 Å². The van der Waals surface area contributed by atoms with Crippen molar-refractivity contribution < 1.29 is 10.0 Å². The number of hydrogen-bond acceptors (Lipinski definition) is 5. The highest BCUT2D eigenvalue weighted by Crippen LogP contribution is 2.17. The Morgan fingerprint density at radius 3 is 2.53 bits per heavy atom. The quantitative estimate of drug-likeness (QED) is 0.642. The van der Waals surface area contributed by atoms with Gasteiger partial charge in [0.2, 0.25) is 0 Å². The minimum absolute atomic E-state index is 0.0388. The highest BCUT2D eigenvalue weighted by molar-refractivity contribution is 5.66. The average Bonchev–Trinajstić information content (AvgIpc) is 2.36. The van der Waals surface area contributed by atoms with Gasteiger partial charge in [0.25, 0.3) is 5.88 Å². The number of benzene rings is 1. The Hall–Kier alpha value is -2.96. The van der Waals surface area contributed by atoms with Gasteiger partial charge in [0.1, 0.15) is 5.82 Å². The van der Waals surface area contributed by atoms with Crippen molar-refractivity contribution in [2.75, 3.05) is 0 Å². The number of nitrogens with one attached hydrogen (secondary N) is 1. The van der Waals surface area contributed by atoms with Gasteiger partial charge in [0.15, 0.2) is 0 Å². The predicted octanol–water partition coefficient (Wildman–Crippen LogP) is 1.55. The second-order valence-corrected chi connectivity index (χ2v) is 3.62. The number of nitrogens with zero attached hydrogens (tertiary/aromatic N) is 2. The number of aromatic nitrogens is 2. The number of H-pyrrole nitrogens is 1. The molecule has 7 nitrogen and oxygen atoms in total. The van der Waals surface area contributed by atoms with Crippen LogP contribution in [0.25, 0.3) is 12.2 Å². The number of hydrogen-bond donors (Lipinski definition) is 2. The summed E-state index contributed by atoms with van der Waals surface area (Å²) in [4.78, 5) is 26.7. The first-order chi connectivity index (χ1) is 9.08. The molecule has 0 atom stereocenters. The van der Waals surface area contributed by atoms with Gasteiger partial charge >= 0.3 is 11.2 Å². The van der Waals surface area contributed by atoms with Crippen LogP contribution < -0.4 is 5.56 Å². The monoisotopic (exact) mass is 259 g/mol. The molecule has 1 heterocycles. The van der Waals surface area contributed by atoms with Crippen molar-refractivity contribution >= 4 is 17.8 Å². The van der Waals surface area contributed by atoms with Crippen molar-refractivity contribution in [1.29, 1.82) is 0 Å². The molecule has 1 aromatic heterocycles. The van der Waals surface area contributed by atoms with E-state index in [4.69, 9.17) is 0 Å². The Balaban J connectivity index is 2.36. The van der Waals surface area contributed by atoms with Gasteiger partial charge in [0, 0.05) is 0 Å². The second-order valence-electron chi connectivity index (χ2n) is 3.62. The van der Waals surface area contributed by atoms with Crippen LogP contribution in [-0.2, 0) is 0 Å². The molecule has 0 amide bonds. The lowest BCUT2D eigenvalue weighted by atomic mass is 10.2. The lowest BCUT2D eigenvalue weighted by Crippen LogP contribution is -2.14. The van der Waals surface area contributed by atoms with Crippen LogP contribution >= 0.6 is 0 Å². The molecule has 0 unspecified atom stereocenters. The van der Waals surface area contributed by atoms with E-state index in [2.05, 4.69) is 9.97 Å². The first-order valence-corrected chi connectivity index (χ1v) is 5.29. The second kappa shape index (κ2) is 5.13. The van der Waals surface area contributed by atoms with Crippen LogP contribution in [0.3, 0.4) is 0 Å². The van der Waals surface area contributed by atoms with Gasteiger partial charge < -0.3 is 10.1 Å². The molecule has 0 fully saturated rings. The van der Waals surface area contributed by atoms with E-state index in [0.717, 1.165) is 5.56 Å². The summed E-state index contributed by atoms with van der Waals surface area (Å²) >= 11 is 0. The predicted molar refractivity (Wildman–Crippen MR) is 68.5 cm³/mol. The Kier molecular flexibility index (Phi) is 3.37. The minimum atomic E-state index is -0.995. The van der Waals surface area contributed by atoms with Crippen LogP contribution in [0.2, 0.25) is 0 Å². The van der Waals surface area contributed by atoms with Gasteiger partial charge in [-0.2, -0.15) is 4.98 Å². The molecule has 2 rings (SSSR count). The zero-order chi connectivity index (χ0) is 13.8. The summed E-state index contributed by atoms with van der Waals surface area (Å²) < 4.78 is 0. The van der Waals surface area contributed by atoms with Crippen molar-refractivity contribution in [3.63, 3.8) is 0 Å². The van der Waals surface area contributed by atoms with Gasteiger partial charge in [-0.15, -0.1) is 0 Å². The van der Waals surface area contributed by atoms with E-state index in [1.54, 1.807) is 6.08 Å². The van der Waals surface area contributed by atoms with E-state index >= 15 is 0 Å². The molecule has 2 aromatic rings. The van der Waals surface area contributed by atoms with Crippen molar-refractivity contribution in [1.82, 2.24) is 9.97 Å². The summed E-state index contributed by atoms with van der Waals surface area (Å²) in [6.45, 7) is 0. The van der Waals surface area contributed by atoms with Crippen LogP contribution in [0.1, 0.15) is 11.4 Å². The molecule has 7 heteroatoms. The smallest absolute Gasteiger partial charge is 0.395 e. The van der Waals surface area contributed by atoms with E-state index in [1.165, 1.54) is 6.08 Å². The molecule has 96 valence electrons. The fourth-order valence-electron chi connectivity index (χ4n) is 1.45. The van der Waals surface area contributed by atoms with E-state index in [0.29, 0.717) is 0 Å². The Bertz CT molecular complexity index is 692. The summed E-state index contributed by atoms with van der Waals surface area (Å²) in [6, 6.07) is 9.20. The van der Waals surface area contributed by atoms with Gasteiger partial charge in [-0.1, -0.05) is 36.4 Å². The summed E-state index contributed by atoms with van der Waals surface area (Å²) in [5.74, 6) is -0.863. The first kappa shape index (κ1) is 12.5. The molecule has 0 aliphatic carbocycles. The van der Waals surface area contributed by atoms with Gasteiger partial charge in [0.05, 0.1) is 4.92 Å². The molecular formula is C12H9N3O4. The number of aromatic hydroxyl groups is 1. The molecule has 0 saturated heterocycles. The molecule has 19 heavy (non-hydrogen) atoms. The highest BCUT2D eigenvalue weighted by atomic mass is 16.6. The molecule has 0 radical (unpaired) electrons. The van der Waals surface area contributed by atoms with Crippen molar-refractivity contribution in [3.05, 3.63) is 62.2 Å². The lowest BCUT2D eigenvalue weighted by Gasteiger charge is -1.97. The zero-order valence-corrected chi connectivity index (χ0v) is 9.61. The van der Waals surface area contributed by atoms with Crippen molar-refractivity contribution in [2.45, 2.75) is 0 Å². The Labute approximate surface area is 107 Å². The maximum atomic E-state index is 11.4. The van der Waals surface area contributed by atoms with E-state index in [9.17, 15) is 20.0 Å². The highest BCUT2D eigenvalue weighted by Gasteiger charge is 2.21.